The first-order valence-electron chi connectivity index (χ1n) is 9.58. The van der Waals surface area contributed by atoms with E-state index in [9.17, 15) is 14.0 Å². The lowest BCUT2D eigenvalue weighted by Crippen LogP contribution is -2.28. The lowest BCUT2D eigenvalue weighted by molar-refractivity contribution is -0.137. The molecule has 1 heterocycles. The highest BCUT2D eigenvalue weighted by atomic mass is 32.2. The van der Waals surface area contributed by atoms with Crippen LogP contribution in [0.3, 0.4) is 0 Å². The van der Waals surface area contributed by atoms with E-state index in [0.29, 0.717) is 18.8 Å². The van der Waals surface area contributed by atoms with Gasteiger partial charge in [0.05, 0.1) is 12.4 Å². The molecule has 2 aromatic carbocycles. The molecule has 0 aromatic heterocycles. The molecule has 1 saturated heterocycles. The molecule has 5 nitrogen and oxygen atoms in total. The number of halogens is 1. The van der Waals surface area contributed by atoms with Gasteiger partial charge in [0.2, 0.25) is 5.91 Å². The number of anilines is 1. The van der Waals surface area contributed by atoms with Crippen LogP contribution in [0.5, 0.6) is 5.75 Å². The summed E-state index contributed by atoms with van der Waals surface area (Å²) in [5.41, 5.74) is 3.67. The number of carbonyl (C=O) groups is 2. The summed E-state index contributed by atoms with van der Waals surface area (Å²) >= 11 is 1.53. The van der Waals surface area contributed by atoms with Gasteiger partial charge in [-0.05, 0) is 60.7 Å². The minimum absolute atomic E-state index is 0.0182. The van der Waals surface area contributed by atoms with Crippen molar-refractivity contribution in [3.8, 4) is 5.75 Å². The van der Waals surface area contributed by atoms with E-state index in [1.54, 1.807) is 17.0 Å². The van der Waals surface area contributed by atoms with Gasteiger partial charge in [-0.3, -0.25) is 14.5 Å². The Balaban J connectivity index is 1.87. The fourth-order valence-electron chi connectivity index (χ4n) is 3.52. The van der Waals surface area contributed by atoms with Crippen LogP contribution in [-0.2, 0) is 16.0 Å². The van der Waals surface area contributed by atoms with Crippen LogP contribution in [0, 0.1) is 12.7 Å². The lowest BCUT2D eigenvalue weighted by Gasteiger charge is -2.27. The fraction of sp³-hybridized carbons (Fsp3) is 0.364. The van der Waals surface area contributed by atoms with Crippen molar-refractivity contribution >= 4 is 29.3 Å². The number of aliphatic carboxylic acids is 1. The van der Waals surface area contributed by atoms with Gasteiger partial charge in [-0.2, -0.15) is 0 Å². The Kier molecular flexibility index (Phi) is 6.79. The molecule has 1 N–H and O–H groups in total. The van der Waals surface area contributed by atoms with Gasteiger partial charge in [0.1, 0.15) is 16.9 Å². The van der Waals surface area contributed by atoms with Crippen molar-refractivity contribution < 1.29 is 23.8 Å². The number of hydrogen-bond acceptors (Lipinski definition) is 4. The molecule has 1 unspecified atom stereocenters. The number of nitrogens with zero attached hydrogens (tertiary/aromatic N) is 1. The number of carboxylic acids is 1. The maximum Gasteiger partial charge on any atom is 0.303 e. The predicted octanol–water partition coefficient (Wildman–Crippen LogP) is 4.72. The average molecular weight is 418 g/mol. The Morgan fingerprint density at radius 3 is 2.66 bits per heavy atom. The molecule has 154 valence electrons. The number of hydrogen-bond donors (Lipinski definition) is 1. The third-order valence-electron chi connectivity index (χ3n) is 4.96. The van der Waals surface area contributed by atoms with Crippen molar-refractivity contribution in [1.82, 2.24) is 0 Å². The average Bonchev–Trinajstić information content (AvgIpc) is 3.07. The highest BCUT2D eigenvalue weighted by Crippen LogP contribution is 2.44. The summed E-state index contributed by atoms with van der Waals surface area (Å²) in [6.07, 6.45) is 1.23. The number of carbonyl (C=O) groups excluding carboxylic acids is 1. The molecule has 7 heteroatoms. The second kappa shape index (κ2) is 9.31. The standard InChI is InChI=1S/C22H24FNO4S/c1-3-17-14(2)18(10-11-19(17)28-12-4-5-21(26)27)24-20(25)13-29-22(24)15-6-8-16(23)9-7-15/h6-11,22H,3-5,12-13H2,1-2H3,(H,26,27). The van der Waals surface area contributed by atoms with Crippen LogP contribution in [0.15, 0.2) is 36.4 Å². The van der Waals surface area contributed by atoms with E-state index in [0.717, 1.165) is 34.5 Å². The third-order valence-corrected chi connectivity index (χ3v) is 6.17. The van der Waals surface area contributed by atoms with Gasteiger partial charge in [0.25, 0.3) is 0 Å². The Morgan fingerprint density at radius 2 is 2.00 bits per heavy atom. The van der Waals surface area contributed by atoms with Crippen molar-refractivity contribution in [2.24, 2.45) is 0 Å². The topological polar surface area (TPSA) is 66.8 Å². The molecule has 3 rings (SSSR count). The quantitative estimate of drug-likeness (QED) is 0.630. The molecular formula is C22H24FNO4S. The molecule has 1 aliphatic heterocycles. The number of carboxylic acid groups (broad SMARTS) is 1. The lowest BCUT2D eigenvalue weighted by atomic mass is 10.0. The molecule has 0 spiro atoms. The molecule has 0 aliphatic carbocycles. The van der Waals surface area contributed by atoms with E-state index in [1.165, 1.54) is 23.9 Å². The van der Waals surface area contributed by atoms with Crippen molar-refractivity contribution in [2.75, 3.05) is 17.3 Å². The van der Waals surface area contributed by atoms with E-state index in [2.05, 4.69) is 0 Å². The first-order valence-corrected chi connectivity index (χ1v) is 10.6. The summed E-state index contributed by atoms with van der Waals surface area (Å²) < 4.78 is 19.1. The molecule has 0 bridgehead atoms. The van der Waals surface area contributed by atoms with Gasteiger partial charge >= 0.3 is 5.97 Å². The molecule has 2 aromatic rings. The second-order valence-electron chi connectivity index (χ2n) is 6.86. The van der Waals surface area contributed by atoms with Crippen molar-refractivity contribution in [3.05, 3.63) is 58.9 Å². The summed E-state index contributed by atoms with van der Waals surface area (Å²) in [7, 11) is 0. The summed E-state index contributed by atoms with van der Waals surface area (Å²) in [5, 5.41) is 8.56. The SMILES string of the molecule is CCc1c(OCCCC(=O)O)ccc(N2C(=O)CSC2c2ccc(F)cc2)c1C. The Bertz CT molecular complexity index is 900. The van der Waals surface area contributed by atoms with Crippen LogP contribution in [0.25, 0.3) is 0 Å². The highest BCUT2D eigenvalue weighted by Gasteiger charge is 2.35. The monoisotopic (exact) mass is 417 g/mol. The summed E-state index contributed by atoms with van der Waals surface area (Å²) in [6.45, 7) is 4.32. The van der Waals surface area contributed by atoms with E-state index in [1.807, 2.05) is 26.0 Å². The van der Waals surface area contributed by atoms with Gasteiger partial charge in [-0.1, -0.05) is 19.1 Å². The maximum absolute atomic E-state index is 13.3. The zero-order valence-electron chi connectivity index (χ0n) is 16.5. The molecule has 0 radical (unpaired) electrons. The predicted molar refractivity (Wildman–Crippen MR) is 112 cm³/mol. The number of benzene rings is 2. The zero-order valence-corrected chi connectivity index (χ0v) is 17.3. The molecule has 29 heavy (non-hydrogen) atoms. The van der Waals surface area contributed by atoms with Crippen molar-refractivity contribution in [3.63, 3.8) is 0 Å². The smallest absolute Gasteiger partial charge is 0.303 e. The number of amides is 1. The Labute approximate surface area is 173 Å². The third kappa shape index (κ3) is 4.72. The summed E-state index contributed by atoms with van der Waals surface area (Å²) in [5.74, 6) is -0.0336. The molecule has 1 fully saturated rings. The summed E-state index contributed by atoms with van der Waals surface area (Å²) in [4.78, 5) is 25.1. The van der Waals surface area contributed by atoms with Gasteiger partial charge in [-0.15, -0.1) is 11.8 Å². The van der Waals surface area contributed by atoms with E-state index in [4.69, 9.17) is 9.84 Å². The minimum Gasteiger partial charge on any atom is -0.493 e. The van der Waals surface area contributed by atoms with Crippen molar-refractivity contribution in [2.45, 2.75) is 38.5 Å². The molecule has 1 amide bonds. The van der Waals surface area contributed by atoms with E-state index in [-0.39, 0.29) is 23.5 Å². The first kappa shape index (κ1) is 21.2. The Hall–Kier alpha value is -2.54. The minimum atomic E-state index is -0.840. The molecule has 1 aliphatic rings. The number of ether oxygens (including phenoxy) is 1. The number of rotatable bonds is 8. The summed E-state index contributed by atoms with van der Waals surface area (Å²) in [6, 6.07) is 9.98. The van der Waals surface area contributed by atoms with Crippen LogP contribution in [0.2, 0.25) is 0 Å². The Morgan fingerprint density at radius 1 is 1.28 bits per heavy atom. The van der Waals surface area contributed by atoms with Crippen LogP contribution in [-0.4, -0.2) is 29.3 Å². The van der Waals surface area contributed by atoms with Crippen molar-refractivity contribution in [1.29, 1.82) is 0 Å². The highest BCUT2D eigenvalue weighted by molar-refractivity contribution is 8.00. The largest absolute Gasteiger partial charge is 0.493 e. The number of thioether (sulfide) groups is 1. The van der Waals surface area contributed by atoms with Gasteiger partial charge in [0, 0.05) is 12.1 Å². The van der Waals surface area contributed by atoms with E-state index < -0.39 is 5.97 Å². The van der Waals surface area contributed by atoms with Crippen LogP contribution >= 0.6 is 11.8 Å². The molecule has 0 saturated carbocycles. The van der Waals surface area contributed by atoms with Gasteiger partial charge in [-0.25, -0.2) is 4.39 Å². The fourth-order valence-corrected chi connectivity index (χ4v) is 4.69. The maximum atomic E-state index is 13.3. The molecule has 1 atom stereocenters. The second-order valence-corrected chi connectivity index (χ2v) is 7.93. The normalized spacial score (nSPS) is 16.3. The molecular weight excluding hydrogens is 393 g/mol. The van der Waals surface area contributed by atoms with Crippen LogP contribution in [0.4, 0.5) is 10.1 Å². The zero-order chi connectivity index (χ0) is 21.0. The van der Waals surface area contributed by atoms with Gasteiger partial charge < -0.3 is 9.84 Å². The van der Waals surface area contributed by atoms with Gasteiger partial charge in [0.15, 0.2) is 0 Å². The van der Waals surface area contributed by atoms with Crippen LogP contribution in [0.1, 0.15) is 41.8 Å². The van der Waals surface area contributed by atoms with E-state index >= 15 is 0 Å². The van der Waals surface area contributed by atoms with Crippen LogP contribution < -0.4 is 9.64 Å². The first-order chi connectivity index (χ1) is 13.9.